The standard InChI is InChI=1S/C27H48O4Si/c1-11-12-13-21(2)26(29-8)22(3)25(31-32(9,10)27(4,5)6)18-19-30-20-23-14-16-24(28-7)17-15-23/h11-12,14-17,21-22,25-26H,13,18-20H2,1-10H3/b12-11+/t21-,22-,25+,26+/m0/s1. The van der Waals surface area contributed by atoms with Crippen LogP contribution in [0, 0.1) is 11.8 Å². The van der Waals surface area contributed by atoms with E-state index in [0.29, 0.717) is 19.1 Å². The summed E-state index contributed by atoms with van der Waals surface area (Å²) in [7, 11) is 1.59. The third-order valence-electron chi connectivity index (χ3n) is 6.91. The molecule has 0 heterocycles. The molecule has 0 N–H and O–H groups in total. The molecule has 0 saturated heterocycles. The summed E-state index contributed by atoms with van der Waals surface area (Å²) >= 11 is 0. The van der Waals surface area contributed by atoms with Gasteiger partial charge in [0.1, 0.15) is 5.75 Å². The molecule has 4 atom stereocenters. The number of ether oxygens (including phenoxy) is 3. The Kier molecular flexibility index (Phi) is 12.2. The summed E-state index contributed by atoms with van der Waals surface area (Å²) in [6.45, 7) is 19.4. The Morgan fingerprint density at radius 2 is 1.66 bits per heavy atom. The molecule has 0 fully saturated rings. The van der Waals surface area contributed by atoms with E-state index in [1.54, 1.807) is 7.11 Å². The third-order valence-corrected chi connectivity index (χ3v) is 11.4. The average molecular weight is 465 g/mol. The van der Waals surface area contributed by atoms with Gasteiger partial charge in [-0.25, -0.2) is 0 Å². The molecule has 0 spiro atoms. The summed E-state index contributed by atoms with van der Waals surface area (Å²) in [4.78, 5) is 0. The second kappa shape index (κ2) is 13.5. The van der Waals surface area contributed by atoms with Gasteiger partial charge in [0.2, 0.25) is 0 Å². The Labute approximate surface area is 198 Å². The van der Waals surface area contributed by atoms with Gasteiger partial charge in [-0.05, 0) is 61.5 Å². The van der Waals surface area contributed by atoms with Gasteiger partial charge in [-0.2, -0.15) is 0 Å². The molecule has 32 heavy (non-hydrogen) atoms. The van der Waals surface area contributed by atoms with Crippen LogP contribution in [0.3, 0.4) is 0 Å². The zero-order valence-corrected chi connectivity index (χ0v) is 23.2. The smallest absolute Gasteiger partial charge is 0.192 e. The van der Waals surface area contributed by atoms with Crippen molar-refractivity contribution in [1.82, 2.24) is 0 Å². The first kappa shape index (κ1) is 28.9. The Hall–Kier alpha value is -1.14. The van der Waals surface area contributed by atoms with Crippen LogP contribution in [-0.4, -0.2) is 41.4 Å². The maximum absolute atomic E-state index is 6.93. The first-order valence-corrected chi connectivity index (χ1v) is 14.9. The second-order valence-corrected chi connectivity index (χ2v) is 15.2. The van der Waals surface area contributed by atoms with Gasteiger partial charge in [0.15, 0.2) is 8.32 Å². The van der Waals surface area contributed by atoms with Gasteiger partial charge in [0.25, 0.3) is 0 Å². The summed E-state index contributed by atoms with van der Waals surface area (Å²) in [5, 5.41) is 0.161. The van der Waals surface area contributed by atoms with Crippen LogP contribution in [-0.2, 0) is 20.5 Å². The highest BCUT2D eigenvalue weighted by atomic mass is 28.4. The first-order valence-electron chi connectivity index (χ1n) is 12.0. The molecule has 184 valence electrons. The topological polar surface area (TPSA) is 36.9 Å². The fraction of sp³-hybridized carbons (Fsp3) is 0.704. The van der Waals surface area contributed by atoms with E-state index < -0.39 is 8.32 Å². The maximum Gasteiger partial charge on any atom is 0.192 e. The molecule has 4 nitrogen and oxygen atoms in total. The quantitative estimate of drug-likeness (QED) is 0.165. The lowest BCUT2D eigenvalue weighted by molar-refractivity contribution is -0.0391. The maximum atomic E-state index is 6.93. The fourth-order valence-electron chi connectivity index (χ4n) is 3.76. The van der Waals surface area contributed by atoms with Crippen LogP contribution in [0.4, 0.5) is 0 Å². The van der Waals surface area contributed by atoms with E-state index in [9.17, 15) is 0 Å². The first-order chi connectivity index (χ1) is 15.0. The predicted molar refractivity (Wildman–Crippen MR) is 138 cm³/mol. The molecule has 5 heteroatoms. The van der Waals surface area contributed by atoms with Gasteiger partial charge in [0.05, 0.1) is 25.9 Å². The lowest BCUT2D eigenvalue weighted by Crippen LogP contribution is -2.48. The molecule has 0 aliphatic heterocycles. The van der Waals surface area contributed by atoms with E-state index in [0.717, 1.165) is 24.2 Å². The molecular formula is C27H48O4Si. The van der Waals surface area contributed by atoms with Gasteiger partial charge in [-0.15, -0.1) is 0 Å². The van der Waals surface area contributed by atoms with Crippen LogP contribution in [0.15, 0.2) is 36.4 Å². The lowest BCUT2D eigenvalue weighted by atomic mass is 9.86. The molecule has 0 aliphatic rings. The molecule has 1 rings (SSSR count). The Morgan fingerprint density at radius 3 is 2.16 bits per heavy atom. The minimum absolute atomic E-state index is 0.102. The highest BCUT2D eigenvalue weighted by molar-refractivity contribution is 6.74. The van der Waals surface area contributed by atoms with Crippen LogP contribution in [0.5, 0.6) is 5.75 Å². The van der Waals surface area contributed by atoms with Crippen molar-refractivity contribution in [3.8, 4) is 5.75 Å². The number of methoxy groups -OCH3 is 2. The molecule has 0 aliphatic carbocycles. The summed E-state index contributed by atoms with van der Waals surface area (Å²) in [6, 6.07) is 8.04. The molecule has 0 saturated carbocycles. The van der Waals surface area contributed by atoms with Gasteiger partial charge in [0, 0.05) is 19.6 Å². The molecule has 1 aromatic carbocycles. The van der Waals surface area contributed by atoms with Crippen molar-refractivity contribution in [2.45, 2.75) is 91.3 Å². The third kappa shape index (κ3) is 9.01. The van der Waals surface area contributed by atoms with Crippen LogP contribution < -0.4 is 4.74 Å². The normalized spacial score (nSPS) is 16.7. The number of rotatable bonds is 14. The Morgan fingerprint density at radius 1 is 1.03 bits per heavy atom. The molecule has 1 aromatic rings. The minimum Gasteiger partial charge on any atom is -0.497 e. The number of allylic oxidation sites excluding steroid dienone is 2. The molecular weight excluding hydrogens is 416 g/mol. The lowest BCUT2D eigenvalue weighted by Gasteiger charge is -2.43. The summed E-state index contributed by atoms with van der Waals surface area (Å²) in [5.41, 5.74) is 1.15. The largest absolute Gasteiger partial charge is 0.497 e. The van der Waals surface area contributed by atoms with E-state index in [4.69, 9.17) is 18.6 Å². The number of benzene rings is 1. The van der Waals surface area contributed by atoms with E-state index in [2.05, 4.69) is 78.9 Å². The molecule has 0 radical (unpaired) electrons. The number of hydrogen-bond donors (Lipinski definition) is 0. The summed E-state index contributed by atoms with van der Waals surface area (Å²) in [6.07, 6.45) is 6.46. The van der Waals surface area contributed by atoms with Gasteiger partial charge in [-0.1, -0.05) is 58.9 Å². The second-order valence-electron chi connectivity index (χ2n) is 10.4. The van der Waals surface area contributed by atoms with Crippen molar-refractivity contribution < 1.29 is 18.6 Å². The van der Waals surface area contributed by atoms with E-state index in [1.165, 1.54) is 0 Å². The summed E-state index contributed by atoms with van der Waals surface area (Å²) in [5.74, 6) is 1.57. The van der Waals surface area contributed by atoms with Crippen LogP contribution >= 0.6 is 0 Å². The zero-order chi connectivity index (χ0) is 24.4. The zero-order valence-electron chi connectivity index (χ0n) is 22.2. The van der Waals surface area contributed by atoms with Gasteiger partial charge in [-0.3, -0.25) is 0 Å². The van der Waals surface area contributed by atoms with Crippen molar-refractivity contribution in [3.63, 3.8) is 0 Å². The van der Waals surface area contributed by atoms with Crippen molar-refractivity contribution in [2.75, 3.05) is 20.8 Å². The average Bonchev–Trinajstić information content (AvgIpc) is 2.74. The van der Waals surface area contributed by atoms with Crippen molar-refractivity contribution in [2.24, 2.45) is 11.8 Å². The highest BCUT2D eigenvalue weighted by Gasteiger charge is 2.41. The fourth-order valence-corrected chi connectivity index (χ4v) is 5.20. The minimum atomic E-state index is -1.92. The van der Waals surface area contributed by atoms with E-state index >= 15 is 0 Å². The van der Waals surface area contributed by atoms with Crippen molar-refractivity contribution in [1.29, 1.82) is 0 Å². The molecule has 0 unspecified atom stereocenters. The molecule has 0 bridgehead atoms. The van der Waals surface area contributed by atoms with Gasteiger partial charge < -0.3 is 18.6 Å². The van der Waals surface area contributed by atoms with Gasteiger partial charge >= 0.3 is 0 Å². The van der Waals surface area contributed by atoms with E-state index in [1.807, 2.05) is 19.2 Å². The van der Waals surface area contributed by atoms with Crippen LogP contribution in [0.2, 0.25) is 18.1 Å². The summed E-state index contributed by atoms with van der Waals surface area (Å²) < 4.78 is 24.2. The highest BCUT2D eigenvalue weighted by Crippen LogP contribution is 2.39. The molecule has 0 aromatic heterocycles. The van der Waals surface area contributed by atoms with Crippen molar-refractivity contribution in [3.05, 3.63) is 42.0 Å². The Bertz CT molecular complexity index is 663. The van der Waals surface area contributed by atoms with Crippen LogP contribution in [0.25, 0.3) is 0 Å². The number of hydrogen-bond acceptors (Lipinski definition) is 4. The molecule has 0 amide bonds. The van der Waals surface area contributed by atoms with Crippen molar-refractivity contribution >= 4 is 8.32 Å². The monoisotopic (exact) mass is 464 g/mol. The van der Waals surface area contributed by atoms with Crippen LogP contribution in [0.1, 0.15) is 59.9 Å². The van der Waals surface area contributed by atoms with E-state index in [-0.39, 0.29) is 23.2 Å². The SMILES string of the molecule is C/C=C/C[C@H](C)[C@@H](OC)[C@@H](C)[C@@H](CCOCc1ccc(OC)cc1)O[Si](C)(C)C(C)(C)C. The predicted octanol–water partition coefficient (Wildman–Crippen LogP) is 7.25. The Balaban J connectivity index is 2.86.